The molecule has 2 atom stereocenters. The summed E-state index contributed by atoms with van der Waals surface area (Å²) in [5.41, 5.74) is 0. The topological polar surface area (TPSA) is 95.9 Å². The molecule has 0 radical (unpaired) electrons. The molecule has 3 N–H and O–H groups in total. The average Bonchev–Trinajstić information content (AvgIpc) is 3.45. The second kappa shape index (κ2) is 68.3. The molecular formula is C73H137NO5. The number of carbonyl (C=O) groups excluding carboxylic acids is 2. The Morgan fingerprint density at radius 1 is 0.354 bits per heavy atom. The number of allylic oxidation sites excluding steroid dienone is 7. The van der Waals surface area contributed by atoms with Crippen LogP contribution in [0.2, 0.25) is 0 Å². The Kier molecular flexibility index (Phi) is 66.4. The number of carbonyl (C=O) groups is 2. The van der Waals surface area contributed by atoms with Crippen molar-refractivity contribution in [3.63, 3.8) is 0 Å². The maximum atomic E-state index is 12.5. The normalized spacial score (nSPS) is 12.8. The molecule has 0 aliphatic carbocycles. The quantitative estimate of drug-likeness (QED) is 0.0320. The standard InChI is InChI=1S/C73H137NO5/c1-3-5-7-9-11-13-15-17-19-20-21-22-23-26-29-32-35-38-41-45-49-53-57-61-65-71(76)70(69-75)74-72(77)66-62-58-54-50-46-42-39-36-33-30-27-24-25-28-31-34-37-40-44-48-52-56-60-64-68-79-73(78)67-63-59-55-51-47-43-18-16-14-12-10-8-6-4-2/h10,12,16,18,27,30,61,65,70-71,75-76H,3-9,11,13-15,17,19-26,28-29,31-60,62-64,66-69H2,1-2H3,(H,74,77)/b12-10-,18-16-,30-27-,65-61+. The van der Waals surface area contributed by atoms with E-state index in [2.05, 4.69) is 55.6 Å². The summed E-state index contributed by atoms with van der Waals surface area (Å²) in [4.78, 5) is 24.6. The van der Waals surface area contributed by atoms with Gasteiger partial charge in [0.15, 0.2) is 0 Å². The monoisotopic (exact) mass is 1110 g/mol. The molecular weight excluding hydrogens is 971 g/mol. The van der Waals surface area contributed by atoms with E-state index in [1.165, 1.54) is 302 Å². The molecule has 0 aromatic heterocycles. The zero-order chi connectivity index (χ0) is 57.1. The number of hydrogen-bond acceptors (Lipinski definition) is 5. The number of ether oxygens (including phenoxy) is 1. The first kappa shape index (κ1) is 76.8. The van der Waals surface area contributed by atoms with Gasteiger partial charge in [0.05, 0.1) is 25.4 Å². The summed E-state index contributed by atoms with van der Waals surface area (Å²) in [5, 5.41) is 23.3. The second-order valence-corrected chi connectivity index (χ2v) is 24.2. The lowest BCUT2D eigenvalue weighted by Crippen LogP contribution is -2.45. The summed E-state index contributed by atoms with van der Waals surface area (Å²) < 4.78 is 5.48. The number of unbranched alkanes of at least 4 members (excludes halogenated alkanes) is 49. The van der Waals surface area contributed by atoms with Crippen molar-refractivity contribution in [1.29, 1.82) is 0 Å². The summed E-state index contributed by atoms with van der Waals surface area (Å²) in [6.07, 6.45) is 89.0. The van der Waals surface area contributed by atoms with Crippen molar-refractivity contribution in [2.75, 3.05) is 13.2 Å². The van der Waals surface area contributed by atoms with Gasteiger partial charge in [-0.3, -0.25) is 9.59 Å². The molecule has 79 heavy (non-hydrogen) atoms. The molecule has 0 aliphatic heterocycles. The van der Waals surface area contributed by atoms with E-state index < -0.39 is 12.1 Å². The number of esters is 1. The molecule has 0 spiro atoms. The number of nitrogens with one attached hydrogen (secondary N) is 1. The molecule has 0 rings (SSSR count). The van der Waals surface area contributed by atoms with Crippen LogP contribution in [-0.4, -0.2) is 47.4 Å². The van der Waals surface area contributed by atoms with Gasteiger partial charge in [0.1, 0.15) is 0 Å². The van der Waals surface area contributed by atoms with Gasteiger partial charge in [0.25, 0.3) is 0 Å². The van der Waals surface area contributed by atoms with Crippen molar-refractivity contribution >= 4 is 11.9 Å². The van der Waals surface area contributed by atoms with E-state index in [4.69, 9.17) is 4.74 Å². The maximum absolute atomic E-state index is 12.5. The van der Waals surface area contributed by atoms with E-state index in [0.29, 0.717) is 19.4 Å². The number of aliphatic hydroxyl groups excluding tert-OH is 2. The highest BCUT2D eigenvalue weighted by molar-refractivity contribution is 5.76. The number of rotatable bonds is 66. The molecule has 464 valence electrons. The van der Waals surface area contributed by atoms with Crippen molar-refractivity contribution in [2.24, 2.45) is 0 Å². The molecule has 2 unspecified atom stereocenters. The first-order valence-electron chi connectivity index (χ1n) is 35.4. The zero-order valence-electron chi connectivity index (χ0n) is 53.1. The molecule has 6 nitrogen and oxygen atoms in total. The minimum Gasteiger partial charge on any atom is -0.466 e. The molecule has 0 aromatic rings. The third-order valence-corrected chi connectivity index (χ3v) is 16.3. The molecule has 6 heteroatoms. The van der Waals surface area contributed by atoms with Gasteiger partial charge in [0.2, 0.25) is 5.91 Å². The Morgan fingerprint density at radius 3 is 1.01 bits per heavy atom. The highest BCUT2D eigenvalue weighted by atomic mass is 16.5. The van der Waals surface area contributed by atoms with Crippen LogP contribution >= 0.6 is 0 Å². The van der Waals surface area contributed by atoms with E-state index in [9.17, 15) is 19.8 Å². The maximum Gasteiger partial charge on any atom is 0.305 e. The molecule has 0 heterocycles. The van der Waals surface area contributed by atoms with Crippen LogP contribution in [0.3, 0.4) is 0 Å². The van der Waals surface area contributed by atoms with Crippen molar-refractivity contribution < 1.29 is 24.5 Å². The first-order chi connectivity index (χ1) is 39.0. The van der Waals surface area contributed by atoms with Crippen LogP contribution in [0.15, 0.2) is 48.6 Å². The first-order valence-corrected chi connectivity index (χ1v) is 35.4. The highest BCUT2D eigenvalue weighted by Crippen LogP contribution is 2.18. The second-order valence-electron chi connectivity index (χ2n) is 24.2. The Labute approximate surface area is 493 Å². The Hall–Kier alpha value is -2.18. The van der Waals surface area contributed by atoms with Gasteiger partial charge in [-0.15, -0.1) is 0 Å². The molecule has 0 aliphatic rings. The van der Waals surface area contributed by atoms with E-state index >= 15 is 0 Å². The minimum absolute atomic E-state index is 0.00240. The third-order valence-electron chi connectivity index (χ3n) is 16.3. The Morgan fingerprint density at radius 2 is 0.646 bits per heavy atom. The van der Waals surface area contributed by atoms with Gasteiger partial charge in [0, 0.05) is 12.8 Å². The SMILES string of the molecule is CCCC/C=C\C/C=C\CCCCCCCC(=O)OCCCCCCCCCCCCCC/C=C\CCCCCCCCCCC(=O)NC(CO)C(O)/C=C/CCCCCCCCCCCCCCCCCCCCCCCC. The lowest BCUT2D eigenvalue weighted by Gasteiger charge is -2.20. The predicted molar refractivity (Wildman–Crippen MR) is 347 cm³/mol. The molecule has 0 bridgehead atoms. The summed E-state index contributed by atoms with van der Waals surface area (Å²) in [5.74, 6) is -0.0716. The van der Waals surface area contributed by atoms with Crippen molar-refractivity contribution in [1.82, 2.24) is 5.32 Å². The van der Waals surface area contributed by atoms with Crippen LogP contribution in [0.1, 0.15) is 380 Å². The summed E-state index contributed by atoms with van der Waals surface area (Å²) >= 11 is 0. The molecule has 0 aromatic carbocycles. The average molecular weight is 1110 g/mol. The van der Waals surface area contributed by atoms with Crippen molar-refractivity contribution in [2.45, 2.75) is 392 Å². The van der Waals surface area contributed by atoms with E-state index in [1.807, 2.05) is 6.08 Å². The Balaban J connectivity index is 3.44. The Bertz CT molecular complexity index is 1320. The number of amides is 1. The van der Waals surface area contributed by atoms with Gasteiger partial charge >= 0.3 is 5.97 Å². The van der Waals surface area contributed by atoms with Gasteiger partial charge in [-0.1, -0.05) is 332 Å². The smallest absolute Gasteiger partial charge is 0.305 e. The molecule has 0 saturated heterocycles. The zero-order valence-corrected chi connectivity index (χ0v) is 53.1. The fourth-order valence-corrected chi connectivity index (χ4v) is 10.9. The van der Waals surface area contributed by atoms with Crippen molar-refractivity contribution in [3.8, 4) is 0 Å². The number of hydrogen-bond donors (Lipinski definition) is 3. The van der Waals surface area contributed by atoms with Gasteiger partial charge in [-0.2, -0.15) is 0 Å². The van der Waals surface area contributed by atoms with Crippen LogP contribution in [0.4, 0.5) is 0 Å². The van der Waals surface area contributed by atoms with Crippen LogP contribution in [-0.2, 0) is 14.3 Å². The van der Waals surface area contributed by atoms with Gasteiger partial charge in [-0.25, -0.2) is 0 Å². The molecule has 0 saturated carbocycles. The summed E-state index contributed by atoms with van der Waals surface area (Å²) in [6.45, 7) is 4.88. The third kappa shape index (κ3) is 64.8. The predicted octanol–water partition coefficient (Wildman–Crippen LogP) is 22.9. The van der Waals surface area contributed by atoms with Crippen LogP contribution < -0.4 is 5.32 Å². The van der Waals surface area contributed by atoms with Gasteiger partial charge < -0.3 is 20.3 Å². The number of aliphatic hydroxyl groups is 2. The van der Waals surface area contributed by atoms with Crippen molar-refractivity contribution in [3.05, 3.63) is 48.6 Å². The lowest BCUT2D eigenvalue weighted by atomic mass is 10.0. The van der Waals surface area contributed by atoms with Crippen LogP contribution in [0.5, 0.6) is 0 Å². The minimum atomic E-state index is -0.850. The van der Waals surface area contributed by atoms with E-state index in [0.717, 1.165) is 51.4 Å². The fraction of sp³-hybridized carbons (Fsp3) is 0.863. The van der Waals surface area contributed by atoms with Crippen LogP contribution in [0, 0.1) is 0 Å². The van der Waals surface area contributed by atoms with Gasteiger partial charge in [-0.05, 0) is 83.5 Å². The summed E-state index contributed by atoms with van der Waals surface area (Å²) in [6, 6.07) is -0.634. The molecule has 0 fully saturated rings. The lowest BCUT2D eigenvalue weighted by molar-refractivity contribution is -0.143. The van der Waals surface area contributed by atoms with E-state index in [-0.39, 0.29) is 18.5 Å². The summed E-state index contributed by atoms with van der Waals surface area (Å²) in [7, 11) is 0. The van der Waals surface area contributed by atoms with E-state index in [1.54, 1.807) is 6.08 Å². The highest BCUT2D eigenvalue weighted by Gasteiger charge is 2.18. The molecule has 1 amide bonds. The van der Waals surface area contributed by atoms with Crippen LogP contribution in [0.25, 0.3) is 0 Å². The largest absolute Gasteiger partial charge is 0.466 e. The fourth-order valence-electron chi connectivity index (χ4n) is 10.9.